The van der Waals surface area contributed by atoms with Crippen LogP contribution in [-0.4, -0.2) is 28.8 Å². The van der Waals surface area contributed by atoms with Crippen LogP contribution in [0.5, 0.6) is 0 Å². The standard InChI is InChI=1S/C4H10N2.C3H9N3.C3H8N2.CH6N2O2S.CH6N2/c1-3-4(2)6-5;1-3(5-2)6-4;1-3(2)5-4;1-6(4,5)3-2;1-3-2/h6H,2-3,5H2,1H3;5-6H,1,4H2,2H3;5H,1,4H2,2H3;3H,2H2,1H3;3H,2H2,1H3. The predicted molar refractivity (Wildman–Crippen MR) is 110 cm³/mol. The minimum atomic E-state index is -3.13. The first-order valence-electron chi connectivity index (χ1n) is 7.01. The van der Waals surface area contributed by atoms with Crippen LogP contribution in [0.2, 0.25) is 0 Å². The van der Waals surface area contributed by atoms with Crippen molar-refractivity contribution in [1.82, 2.24) is 31.9 Å². The van der Waals surface area contributed by atoms with Gasteiger partial charge in [0.1, 0.15) is 5.82 Å². The van der Waals surface area contributed by atoms with Gasteiger partial charge < -0.3 is 21.6 Å². The zero-order chi connectivity index (χ0) is 22.2. The van der Waals surface area contributed by atoms with Gasteiger partial charge in [-0.3, -0.25) is 28.8 Å². The normalized spacial score (nSPS) is 8.08. The van der Waals surface area contributed by atoms with E-state index in [0.717, 1.165) is 24.1 Å². The number of allylic oxidation sites excluding steroid dienone is 2. The molecule has 0 aliphatic carbocycles. The summed E-state index contributed by atoms with van der Waals surface area (Å²) in [5.74, 6) is 24.3. The van der Waals surface area contributed by atoms with E-state index in [4.69, 9.17) is 17.5 Å². The van der Waals surface area contributed by atoms with Crippen LogP contribution < -0.4 is 61.1 Å². The maximum absolute atomic E-state index is 9.76. The maximum atomic E-state index is 9.76. The highest BCUT2D eigenvalue weighted by molar-refractivity contribution is 7.88. The van der Waals surface area contributed by atoms with E-state index in [0.29, 0.717) is 5.82 Å². The van der Waals surface area contributed by atoms with Crippen molar-refractivity contribution in [2.24, 2.45) is 29.2 Å². The first-order valence-corrected chi connectivity index (χ1v) is 8.90. The Labute approximate surface area is 157 Å². The molecule has 0 radical (unpaired) electrons. The van der Waals surface area contributed by atoms with E-state index in [1.807, 2.05) is 6.92 Å². The lowest BCUT2D eigenvalue weighted by Gasteiger charge is -1.98. The second-order valence-corrected chi connectivity index (χ2v) is 5.86. The third kappa shape index (κ3) is 79.9. The lowest BCUT2D eigenvalue weighted by atomic mass is 10.4. The first-order chi connectivity index (χ1) is 11.9. The molecule has 0 amide bonds. The van der Waals surface area contributed by atoms with Crippen molar-refractivity contribution < 1.29 is 8.42 Å². The third-order valence-corrected chi connectivity index (χ3v) is 2.00. The van der Waals surface area contributed by atoms with Crippen molar-refractivity contribution >= 4 is 10.0 Å². The Morgan fingerprint density at radius 1 is 0.923 bits per heavy atom. The monoisotopic (exact) mass is 401 g/mol. The molecule has 0 aliphatic heterocycles. The van der Waals surface area contributed by atoms with Crippen molar-refractivity contribution in [2.75, 3.05) is 20.4 Å². The van der Waals surface area contributed by atoms with Crippen LogP contribution in [0.25, 0.3) is 0 Å². The number of nitrogens with two attached hydrogens (primary N) is 5. The van der Waals surface area contributed by atoms with Crippen molar-refractivity contribution in [3.63, 3.8) is 0 Å². The molecule has 0 aromatic rings. The number of hydrogen-bond acceptors (Lipinski definition) is 12. The van der Waals surface area contributed by atoms with E-state index in [9.17, 15) is 8.42 Å². The van der Waals surface area contributed by atoms with E-state index in [2.05, 4.69) is 58.4 Å². The smallest absolute Gasteiger partial charge is 0.221 e. The van der Waals surface area contributed by atoms with E-state index < -0.39 is 10.0 Å². The van der Waals surface area contributed by atoms with Crippen LogP contribution in [0.15, 0.2) is 37.0 Å². The Kier molecular flexibility index (Phi) is 37.8. The molecule has 0 fully saturated rings. The number of hydrazine groups is 5. The van der Waals surface area contributed by atoms with Gasteiger partial charge in [-0.05, 0) is 20.4 Å². The van der Waals surface area contributed by atoms with Gasteiger partial charge in [0.2, 0.25) is 10.0 Å². The average molecular weight is 402 g/mol. The third-order valence-electron chi connectivity index (χ3n) is 1.57. The fourth-order valence-electron chi connectivity index (χ4n) is 0.174. The minimum absolute atomic E-state index is 0.620. The average Bonchev–Trinajstić information content (AvgIpc) is 2.61. The Morgan fingerprint density at radius 2 is 1.23 bits per heavy atom. The Hall–Kier alpha value is -1.91. The lowest BCUT2D eigenvalue weighted by Crippen LogP contribution is -2.28. The molecule has 0 spiro atoms. The van der Waals surface area contributed by atoms with Gasteiger partial charge in [0.25, 0.3) is 0 Å². The van der Waals surface area contributed by atoms with Gasteiger partial charge in [-0.2, -0.15) is 4.83 Å². The highest BCUT2D eigenvalue weighted by Gasteiger charge is 1.88. The number of rotatable bonds is 6. The molecule has 26 heavy (non-hydrogen) atoms. The van der Waals surface area contributed by atoms with Gasteiger partial charge in [-0.15, -0.1) is 0 Å². The molecule has 0 heterocycles. The molecule has 14 heteroatoms. The Morgan fingerprint density at radius 3 is 1.23 bits per heavy atom. The largest absolute Gasteiger partial charge is 0.374 e. The quantitative estimate of drug-likeness (QED) is 0.157. The van der Waals surface area contributed by atoms with Crippen molar-refractivity contribution in [3.05, 3.63) is 37.0 Å². The summed E-state index contributed by atoms with van der Waals surface area (Å²) in [7, 11) is 0.257. The van der Waals surface area contributed by atoms with Crippen LogP contribution in [0.4, 0.5) is 0 Å². The van der Waals surface area contributed by atoms with Gasteiger partial charge in [0, 0.05) is 18.4 Å². The Bertz CT molecular complexity index is 399. The maximum Gasteiger partial charge on any atom is 0.221 e. The number of sulfonamides is 1. The fourth-order valence-corrected chi connectivity index (χ4v) is 0.174. The first kappa shape index (κ1) is 35.2. The van der Waals surface area contributed by atoms with Gasteiger partial charge >= 0.3 is 0 Å². The molecule has 0 atom stereocenters. The van der Waals surface area contributed by atoms with Gasteiger partial charge in [0.15, 0.2) is 0 Å². The van der Waals surface area contributed by atoms with E-state index in [-0.39, 0.29) is 0 Å². The number of hydrogen-bond donors (Lipinski definition) is 11. The molecular weight excluding hydrogens is 362 g/mol. The highest BCUT2D eigenvalue weighted by atomic mass is 32.2. The lowest BCUT2D eigenvalue weighted by molar-refractivity contribution is 0.590. The summed E-state index contributed by atoms with van der Waals surface area (Å²) in [6, 6.07) is 0. The van der Waals surface area contributed by atoms with Crippen molar-refractivity contribution in [1.29, 1.82) is 0 Å². The molecular formula is C12H39N11O2S. The van der Waals surface area contributed by atoms with Crippen LogP contribution in [0.1, 0.15) is 20.3 Å². The summed E-state index contributed by atoms with van der Waals surface area (Å²) >= 11 is 0. The second-order valence-electron chi connectivity index (χ2n) is 4.08. The predicted octanol–water partition coefficient (Wildman–Crippen LogP) is -3.01. The molecule has 13 nitrogen and oxygen atoms in total. The van der Waals surface area contributed by atoms with Crippen molar-refractivity contribution in [2.45, 2.75) is 20.3 Å². The molecule has 0 aromatic heterocycles. The minimum Gasteiger partial charge on any atom is -0.374 e. The van der Waals surface area contributed by atoms with E-state index in [1.54, 1.807) is 25.9 Å². The van der Waals surface area contributed by atoms with Crippen LogP contribution in [0, 0.1) is 0 Å². The van der Waals surface area contributed by atoms with Crippen LogP contribution >= 0.6 is 0 Å². The van der Waals surface area contributed by atoms with Gasteiger partial charge in [-0.1, -0.05) is 26.7 Å². The van der Waals surface area contributed by atoms with Crippen molar-refractivity contribution in [3.8, 4) is 0 Å². The topological polar surface area (TPSA) is 236 Å². The molecule has 16 N–H and O–H groups in total. The van der Waals surface area contributed by atoms with Gasteiger partial charge in [-0.25, -0.2) is 14.3 Å². The number of nitrogens with one attached hydrogen (secondary N) is 6. The van der Waals surface area contributed by atoms with Gasteiger partial charge in [0.05, 0.1) is 6.26 Å². The highest BCUT2D eigenvalue weighted by Crippen LogP contribution is 1.83. The summed E-state index contributed by atoms with van der Waals surface area (Å²) in [4.78, 5) is 1.58. The van der Waals surface area contributed by atoms with E-state index >= 15 is 0 Å². The molecule has 0 aliphatic rings. The Balaban J connectivity index is -0.0000000719. The molecule has 0 saturated heterocycles. The fraction of sp³-hybridized carbons (Fsp3) is 0.500. The second kappa shape index (κ2) is 27.9. The molecule has 0 saturated carbocycles. The van der Waals surface area contributed by atoms with Crippen LogP contribution in [-0.2, 0) is 10.0 Å². The van der Waals surface area contributed by atoms with Crippen LogP contribution in [0.3, 0.4) is 0 Å². The SMILES string of the molecule is C=C(C)NN.C=C(CC)NN.C=C(NC)NN.CNN.CS(=O)(=O)NN. The molecule has 160 valence electrons. The molecule has 0 bridgehead atoms. The summed E-state index contributed by atoms with van der Waals surface area (Å²) in [5.41, 5.74) is 11.0. The van der Waals surface area contributed by atoms with E-state index in [1.165, 1.54) is 0 Å². The zero-order valence-corrected chi connectivity index (χ0v) is 17.3. The summed E-state index contributed by atoms with van der Waals surface area (Å²) in [6.07, 6.45) is 1.88. The summed E-state index contributed by atoms with van der Waals surface area (Å²) in [5, 5.41) is 2.68. The summed E-state index contributed by atoms with van der Waals surface area (Å²) in [6.45, 7) is 14.2. The zero-order valence-electron chi connectivity index (χ0n) is 16.4. The molecule has 0 unspecified atom stereocenters. The molecule has 0 aromatic carbocycles. The molecule has 0 rings (SSSR count). The summed E-state index contributed by atoms with van der Waals surface area (Å²) < 4.78 is 19.5.